The van der Waals surface area contributed by atoms with Gasteiger partial charge in [-0.15, -0.1) is 11.3 Å². The number of aromatic nitrogens is 3. The largest absolute Gasteiger partial charge is 0.347 e. The van der Waals surface area contributed by atoms with Crippen molar-refractivity contribution in [1.29, 1.82) is 0 Å². The Morgan fingerprint density at radius 3 is 2.29 bits per heavy atom. The molecule has 0 bridgehead atoms. The molecule has 210 valence electrons. The molecule has 1 N–H and O–H groups in total. The first-order chi connectivity index (χ1) is 20.5. The first kappa shape index (κ1) is 27.6. The lowest BCUT2D eigenvalue weighted by atomic mass is 10.0. The summed E-state index contributed by atoms with van der Waals surface area (Å²) < 4.78 is 2.25. The van der Waals surface area contributed by atoms with E-state index in [4.69, 9.17) is 9.97 Å². The van der Waals surface area contributed by atoms with Gasteiger partial charge in [-0.3, -0.25) is 4.79 Å². The van der Waals surface area contributed by atoms with Crippen molar-refractivity contribution in [3.8, 4) is 11.1 Å². The number of carbonyl (C=O) groups excluding carboxylic acids is 1. The van der Waals surface area contributed by atoms with Gasteiger partial charge in [0.15, 0.2) is 5.65 Å². The number of benzene rings is 3. The smallest absolute Gasteiger partial charge is 0.251 e. The third kappa shape index (κ3) is 5.90. The van der Waals surface area contributed by atoms with Crippen LogP contribution in [0.2, 0.25) is 0 Å². The second-order valence-corrected chi connectivity index (χ2v) is 11.9. The highest BCUT2D eigenvalue weighted by molar-refractivity contribution is 7.12. The topological polar surface area (TPSA) is 59.8 Å². The lowest BCUT2D eigenvalue weighted by Crippen LogP contribution is -2.22. The second kappa shape index (κ2) is 12.1. The van der Waals surface area contributed by atoms with Gasteiger partial charge in [0.2, 0.25) is 0 Å². The maximum atomic E-state index is 12.8. The Kier molecular flexibility index (Phi) is 7.97. The van der Waals surface area contributed by atoms with Crippen LogP contribution in [0.1, 0.15) is 55.2 Å². The molecule has 0 fully saturated rings. The van der Waals surface area contributed by atoms with E-state index in [1.54, 1.807) is 11.3 Å². The molecule has 6 aromatic rings. The van der Waals surface area contributed by atoms with E-state index >= 15 is 0 Å². The molecule has 0 saturated carbocycles. The number of aryl methyl sites for hydroxylation is 3. The molecule has 3 aromatic carbocycles. The summed E-state index contributed by atoms with van der Waals surface area (Å²) in [5.41, 5.74) is 9.57. The fourth-order valence-electron chi connectivity index (χ4n) is 5.45. The molecule has 3 heterocycles. The fraction of sp³-hybridized carbons (Fsp3) is 0.194. The number of pyridine rings is 1. The number of carbonyl (C=O) groups is 1. The Balaban J connectivity index is 1.28. The highest BCUT2D eigenvalue weighted by Gasteiger charge is 2.16. The van der Waals surface area contributed by atoms with Crippen molar-refractivity contribution in [3.63, 3.8) is 0 Å². The zero-order chi connectivity index (χ0) is 29.1. The first-order valence-corrected chi connectivity index (χ1v) is 15.2. The van der Waals surface area contributed by atoms with Crippen LogP contribution in [-0.2, 0) is 25.9 Å². The number of nitrogens with one attached hydrogen (secondary N) is 1. The number of fused-ring (bicyclic) bond motifs is 1. The maximum absolute atomic E-state index is 12.8. The van der Waals surface area contributed by atoms with Crippen LogP contribution in [0.5, 0.6) is 0 Å². The summed E-state index contributed by atoms with van der Waals surface area (Å²) in [7, 11) is 0. The fourth-order valence-corrected chi connectivity index (χ4v) is 6.62. The zero-order valence-electron chi connectivity index (χ0n) is 24.2. The summed E-state index contributed by atoms with van der Waals surface area (Å²) in [6, 6.07) is 33.1. The zero-order valence-corrected chi connectivity index (χ0v) is 25.0. The van der Waals surface area contributed by atoms with Crippen molar-refractivity contribution < 1.29 is 4.79 Å². The number of imidazole rings is 1. The van der Waals surface area contributed by atoms with Gasteiger partial charge in [0.1, 0.15) is 11.3 Å². The highest BCUT2D eigenvalue weighted by Crippen LogP contribution is 2.33. The van der Waals surface area contributed by atoms with E-state index in [9.17, 15) is 4.79 Å². The minimum absolute atomic E-state index is 0.0618. The third-order valence-corrected chi connectivity index (χ3v) is 8.68. The summed E-state index contributed by atoms with van der Waals surface area (Å²) in [5, 5.41) is 3.14. The van der Waals surface area contributed by atoms with Crippen LogP contribution in [0.4, 0.5) is 0 Å². The lowest BCUT2D eigenvalue weighted by molar-refractivity contribution is 0.0951. The molecule has 5 nitrogen and oxygen atoms in total. The molecule has 3 aromatic heterocycles. The Morgan fingerprint density at radius 1 is 0.857 bits per heavy atom. The molecule has 0 unspecified atom stereocenters. The third-order valence-electron chi connectivity index (χ3n) is 7.55. The van der Waals surface area contributed by atoms with Crippen molar-refractivity contribution in [1.82, 2.24) is 19.9 Å². The summed E-state index contributed by atoms with van der Waals surface area (Å²) >= 11 is 1.77. The average molecular weight is 571 g/mol. The summed E-state index contributed by atoms with van der Waals surface area (Å²) in [6.45, 7) is 7.49. The van der Waals surface area contributed by atoms with Crippen LogP contribution >= 0.6 is 11.3 Å². The Bertz CT molecular complexity index is 1840. The van der Waals surface area contributed by atoms with Gasteiger partial charge in [0, 0.05) is 33.9 Å². The van der Waals surface area contributed by atoms with Crippen molar-refractivity contribution in [3.05, 3.63) is 141 Å². The molecule has 6 rings (SSSR count). The van der Waals surface area contributed by atoms with Crippen molar-refractivity contribution in [2.45, 2.75) is 46.7 Å². The molecule has 0 aliphatic carbocycles. The number of thiophene rings is 1. The predicted molar refractivity (Wildman–Crippen MR) is 172 cm³/mol. The van der Waals surface area contributed by atoms with E-state index in [1.165, 1.54) is 21.6 Å². The molecule has 0 aliphatic heterocycles. The van der Waals surface area contributed by atoms with Gasteiger partial charge in [0.25, 0.3) is 5.91 Å². The van der Waals surface area contributed by atoms with Gasteiger partial charge in [0.05, 0.1) is 13.1 Å². The van der Waals surface area contributed by atoms with Gasteiger partial charge in [-0.25, -0.2) is 9.97 Å². The van der Waals surface area contributed by atoms with Crippen LogP contribution in [-0.4, -0.2) is 20.4 Å². The molecule has 0 saturated heterocycles. The normalized spacial score (nSPS) is 11.2. The van der Waals surface area contributed by atoms with Crippen molar-refractivity contribution in [2.75, 3.05) is 0 Å². The molecule has 6 heteroatoms. The van der Waals surface area contributed by atoms with E-state index in [-0.39, 0.29) is 5.91 Å². The van der Waals surface area contributed by atoms with E-state index in [1.807, 2.05) is 43.3 Å². The van der Waals surface area contributed by atoms with Gasteiger partial charge >= 0.3 is 0 Å². The van der Waals surface area contributed by atoms with Crippen LogP contribution in [0, 0.1) is 13.8 Å². The number of hydrogen-bond acceptors (Lipinski definition) is 4. The minimum Gasteiger partial charge on any atom is -0.347 e. The number of hydrogen-bond donors (Lipinski definition) is 1. The summed E-state index contributed by atoms with van der Waals surface area (Å²) in [4.78, 5) is 25.0. The molecule has 0 aliphatic rings. The average Bonchev–Trinajstić information content (AvgIpc) is 3.58. The molecular formula is C36H34N4OS. The molecule has 0 spiro atoms. The monoisotopic (exact) mass is 570 g/mol. The predicted octanol–water partition coefficient (Wildman–Crippen LogP) is 7.91. The first-order valence-electron chi connectivity index (χ1n) is 14.4. The second-order valence-electron chi connectivity index (χ2n) is 10.7. The number of rotatable bonds is 9. The quantitative estimate of drug-likeness (QED) is 0.192. The number of nitrogens with zero attached hydrogens (tertiary/aromatic N) is 3. The Hall–Kier alpha value is -4.55. The van der Waals surface area contributed by atoms with Crippen LogP contribution in [0.3, 0.4) is 0 Å². The molecule has 42 heavy (non-hydrogen) atoms. The van der Waals surface area contributed by atoms with E-state index in [2.05, 4.69) is 84.4 Å². The summed E-state index contributed by atoms with van der Waals surface area (Å²) in [5.74, 6) is 0.989. The van der Waals surface area contributed by atoms with E-state index < -0.39 is 0 Å². The molecular weight excluding hydrogens is 536 g/mol. The molecule has 0 atom stereocenters. The van der Waals surface area contributed by atoms with Crippen molar-refractivity contribution in [2.24, 2.45) is 0 Å². The van der Waals surface area contributed by atoms with Gasteiger partial charge in [-0.1, -0.05) is 79.7 Å². The maximum Gasteiger partial charge on any atom is 0.251 e. The summed E-state index contributed by atoms with van der Waals surface area (Å²) in [6.07, 6.45) is 1.71. The Morgan fingerprint density at radius 2 is 1.57 bits per heavy atom. The highest BCUT2D eigenvalue weighted by atomic mass is 32.1. The minimum atomic E-state index is -0.0618. The van der Waals surface area contributed by atoms with Gasteiger partial charge in [-0.05, 0) is 65.9 Å². The van der Waals surface area contributed by atoms with Crippen molar-refractivity contribution >= 4 is 28.4 Å². The number of amides is 1. The van der Waals surface area contributed by atoms with Gasteiger partial charge < -0.3 is 9.88 Å². The lowest BCUT2D eigenvalue weighted by Gasteiger charge is -2.10. The van der Waals surface area contributed by atoms with Crippen LogP contribution < -0.4 is 5.32 Å². The van der Waals surface area contributed by atoms with Gasteiger partial charge in [-0.2, -0.15) is 0 Å². The standard InChI is InChI=1S/C36H34N4OS/c1-4-33-39-34-24(2)19-25(3)38-35(34)40(33)23-27-15-17-28(18-16-27)31-21-30(20-26-11-7-5-8-12-26)42-32(31)22-37-36(41)29-13-9-6-10-14-29/h5-19,21H,4,20,22-23H2,1-3H3,(H,37,41). The van der Waals surface area contributed by atoms with Crippen LogP contribution in [0.25, 0.3) is 22.3 Å². The van der Waals surface area contributed by atoms with Crippen LogP contribution in [0.15, 0.2) is 97.1 Å². The van der Waals surface area contributed by atoms with E-state index in [0.29, 0.717) is 12.1 Å². The SMILES string of the molecule is CCc1nc2c(C)cc(C)nc2n1Cc1ccc(-c2cc(Cc3ccccc3)sc2CNC(=O)c2ccccc2)cc1. The molecule has 1 amide bonds. The Labute approximate surface area is 250 Å². The molecule has 0 radical (unpaired) electrons. The van der Waals surface area contributed by atoms with E-state index in [0.717, 1.165) is 58.1 Å².